The lowest BCUT2D eigenvalue weighted by Gasteiger charge is -2.54. The number of carbonyl (C=O) groups excluding carboxylic acids is 1. The van der Waals surface area contributed by atoms with Gasteiger partial charge in [-0.15, -0.1) is 0 Å². The number of hydrogen-bond acceptors (Lipinski definition) is 11. The Labute approximate surface area is 329 Å². The third-order valence-electron chi connectivity index (χ3n) is 14.9. The van der Waals surface area contributed by atoms with E-state index >= 15 is 0 Å². The van der Waals surface area contributed by atoms with Crippen molar-refractivity contribution in [3.8, 4) is 0 Å². The topological polar surface area (TPSA) is 150 Å². The summed E-state index contributed by atoms with van der Waals surface area (Å²) in [6, 6.07) is 0. The van der Waals surface area contributed by atoms with Crippen LogP contribution in [0.5, 0.6) is 0 Å². The van der Waals surface area contributed by atoms with E-state index in [2.05, 4.69) is 32.7 Å². The second-order valence-corrected chi connectivity index (χ2v) is 18.4. The summed E-state index contributed by atoms with van der Waals surface area (Å²) in [5.74, 6) is -3.10. The number of rotatable bonds is 12. The monoisotopic (exact) mass is 774 g/mol. The second kappa shape index (κ2) is 16.5. The molecule has 6 rings (SSSR count). The van der Waals surface area contributed by atoms with Crippen LogP contribution in [0.25, 0.3) is 0 Å². The highest BCUT2D eigenvalue weighted by Gasteiger charge is 2.63. The molecule has 4 saturated heterocycles. The summed E-state index contributed by atoms with van der Waals surface area (Å²) in [7, 11) is 0. The van der Waals surface area contributed by atoms with Crippen molar-refractivity contribution in [2.45, 2.75) is 205 Å². The molecule has 5 aliphatic rings. The lowest BCUT2D eigenvalue weighted by molar-refractivity contribution is -0.409. The van der Waals surface area contributed by atoms with E-state index in [-0.39, 0.29) is 59.8 Å². The molecule has 11 heteroatoms. The third-order valence-corrected chi connectivity index (χ3v) is 14.9. The maximum absolute atomic E-state index is 14.6. The van der Waals surface area contributed by atoms with E-state index in [1.807, 2.05) is 47.6 Å². The Balaban J connectivity index is 1.16. The van der Waals surface area contributed by atoms with Gasteiger partial charge in [0.2, 0.25) is 5.79 Å². The summed E-state index contributed by atoms with van der Waals surface area (Å²) in [5, 5.41) is 34.4. The Morgan fingerprint density at radius 1 is 0.964 bits per heavy atom. The van der Waals surface area contributed by atoms with Crippen molar-refractivity contribution < 1.29 is 48.2 Å². The Morgan fingerprint density at radius 3 is 2.35 bits per heavy atom. The van der Waals surface area contributed by atoms with Crippen molar-refractivity contribution in [2.75, 3.05) is 0 Å². The van der Waals surface area contributed by atoms with Gasteiger partial charge in [-0.2, -0.15) is 0 Å². The Bertz CT molecular complexity index is 1470. The first-order valence-electron chi connectivity index (χ1n) is 21.6. The molecule has 0 bridgehead atoms. The smallest absolute Gasteiger partial charge is 0.202 e. The fourth-order valence-corrected chi connectivity index (χ4v) is 10.9. The molecule has 0 saturated carbocycles. The van der Waals surface area contributed by atoms with E-state index in [9.17, 15) is 20.1 Å². The number of ketones is 1. The maximum Gasteiger partial charge on any atom is 0.202 e. The van der Waals surface area contributed by atoms with E-state index < -0.39 is 52.9 Å². The van der Waals surface area contributed by atoms with Crippen LogP contribution in [-0.4, -0.2) is 91.6 Å². The summed E-state index contributed by atoms with van der Waals surface area (Å²) in [5.41, 5.74) is -1.60. The van der Waals surface area contributed by atoms with Gasteiger partial charge in [-0.25, -0.2) is 4.98 Å². The second-order valence-electron chi connectivity index (χ2n) is 18.4. The Kier molecular flexibility index (Phi) is 12.9. The van der Waals surface area contributed by atoms with Gasteiger partial charge in [0.25, 0.3) is 0 Å². The van der Waals surface area contributed by atoms with Crippen LogP contribution >= 0.6 is 0 Å². The highest BCUT2D eigenvalue weighted by molar-refractivity contribution is 5.84. The van der Waals surface area contributed by atoms with Crippen LogP contribution in [0.3, 0.4) is 0 Å². The fraction of sp³-hybridized carbons (Fsp3) is 0.864. The van der Waals surface area contributed by atoms with Crippen LogP contribution in [0.15, 0.2) is 29.0 Å². The molecule has 11 nitrogen and oxygen atoms in total. The van der Waals surface area contributed by atoms with E-state index in [0.29, 0.717) is 44.4 Å². The Hall–Kier alpha value is -1.70. The quantitative estimate of drug-likeness (QED) is 0.184. The maximum atomic E-state index is 14.6. The minimum Gasteiger partial charge on any atom is -0.449 e. The number of hydrogen-bond donors (Lipinski definition) is 3. The molecule has 55 heavy (non-hydrogen) atoms. The van der Waals surface area contributed by atoms with Crippen molar-refractivity contribution in [3.63, 3.8) is 0 Å². The largest absolute Gasteiger partial charge is 0.449 e. The van der Waals surface area contributed by atoms with Gasteiger partial charge >= 0.3 is 0 Å². The van der Waals surface area contributed by atoms with Crippen molar-refractivity contribution >= 4 is 5.78 Å². The van der Waals surface area contributed by atoms with Gasteiger partial charge < -0.3 is 43.4 Å². The van der Waals surface area contributed by atoms with E-state index in [1.165, 1.54) is 0 Å². The van der Waals surface area contributed by atoms with Gasteiger partial charge in [0.1, 0.15) is 18.2 Å². The van der Waals surface area contributed by atoms with Crippen molar-refractivity contribution in [1.82, 2.24) is 4.98 Å². The molecular formula is C44H71NO10. The zero-order valence-electron chi connectivity index (χ0n) is 35.1. The van der Waals surface area contributed by atoms with Gasteiger partial charge in [0.15, 0.2) is 11.7 Å². The third kappa shape index (κ3) is 7.91. The van der Waals surface area contributed by atoms with E-state index in [0.717, 1.165) is 25.7 Å². The summed E-state index contributed by atoms with van der Waals surface area (Å²) in [6.45, 7) is 20.3. The van der Waals surface area contributed by atoms with Crippen LogP contribution in [0, 0.1) is 35.5 Å². The first-order chi connectivity index (χ1) is 26.0. The molecule has 2 spiro atoms. The van der Waals surface area contributed by atoms with Crippen LogP contribution < -0.4 is 0 Å². The molecule has 4 fully saturated rings. The van der Waals surface area contributed by atoms with Gasteiger partial charge in [0, 0.05) is 30.1 Å². The number of aromatic nitrogens is 1. The predicted molar refractivity (Wildman–Crippen MR) is 207 cm³/mol. The minimum atomic E-state index is -1.35. The van der Waals surface area contributed by atoms with Gasteiger partial charge in [0.05, 0.1) is 59.9 Å². The highest BCUT2D eigenvalue weighted by Crippen LogP contribution is 2.54. The highest BCUT2D eigenvalue weighted by atomic mass is 16.8. The first kappa shape index (κ1) is 42.9. The normalized spacial score (nSPS) is 45.0. The average molecular weight is 774 g/mol. The summed E-state index contributed by atoms with van der Waals surface area (Å²) in [4.78, 5) is 19.0. The summed E-state index contributed by atoms with van der Waals surface area (Å²) < 4.78 is 39.6. The Morgan fingerprint density at radius 2 is 1.71 bits per heavy atom. The molecule has 0 radical (unpaired) electrons. The van der Waals surface area contributed by atoms with Crippen LogP contribution in [0.1, 0.15) is 145 Å². The number of nitrogens with zero attached hydrogens (tertiary/aromatic N) is 1. The van der Waals surface area contributed by atoms with Crippen LogP contribution in [-0.2, 0) is 28.5 Å². The number of ether oxygens (including phenoxy) is 5. The molecular weight excluding hydrogens is 702 g/mol. The van der Waals surface area contributed by atoms with Crippen LogP contribution in [0.4, 0.5) is 0 Å². The summed E-state index contributed by atoms with van der Waals surface area (Å²) >= 11 is 0. The van der Waals surface area contributed by atoms with Crippen molar-refractivity contribution in [2.24, 2.45) is 35.5 Å². The molecule has 0 aromatic carbocycles. The molecule has 5 aliphatic heterocycles. The number of Topliss-reactive ketones (excluding diaryl/α,β-unsaturated/α-hetero) is 1. The molecule has 312 valence electrons. The van der Waals surface area contributed by atoms with Crippen LogP contribution in [0.2, 0.25) is 0 Å². The van der Waals surface area contributed by atoms with E-state index in [4.69, 9.17) is 28.1 Å². The minimum absolute atomic E-state index is 0.0236. The molecule has 18 unspecified atom stereocenters. The zero-order chi connectivity index (χ0) is 40.1. The predicted octanol–water partition coefficient (Wildman–Crippen LogP) is 7.26. The van der Waals surface area contributed by atoms with Gasteiger partial charge in [-0.3, -0.25) is 4.79 Å². The first-order valence-corrected chi connectivity index (χ1v) is 21.6. The lowest BCUT2D eigenvalue weighted by atomic mass is 9.72. The summed E-state index contributed by atoms with van der Waals surface area (Å²) in [6.07, 6.45) is 10.4. The molecule has 18 atom stereocenters. The SMILES string of the molecule is CCC(C(=O)C(C)C(O)C(C)C1OC(C(CC)c2ncco2)CCC1C)C1OC2(C=CC(O)C3(CCC(C)(C4CCC(O)(CC)C(C)O4)O3)O2)C(C)CC1C. The van der Waals surface area contributed by atoms with Crippen molar-refractivity contribution in [1.29, 1.82) is 0 Å². The number of oxazole rings is 1. The number of aliphatic hydroxyl groups is 3. The molecule has 1 aromatic heterocycles. The van der Waals surface area contributed by atoms with Gasteiger partial charge in [-0.05, 0) is 95.6 Å². The molecule has 6 heterocycles. The molecule has 1 aromatic rings. The molecule has 0 aliphatic carbocycles. The standard InChI is InChI=1S/C44H71NO10/c1-11-31(40-45-22-23-50-40)33-15-14-25(4)38(52-33)29(8)36(47)28(7)37(48)32(12-2)39-26(5)24-27(6)43(53-39)19-16-34(46)44(55-43)21-20-41(10,54-44)35-17-18-42(49,13-3)30(9)51-35/h16,19,22-23,25-36,38-39,46-47,49H,11-15,17-18,20-21,24H2,1-10H3. The van der Waals surface area contributed by atoms with E-state index in [1.54, 1.807) is 18.5 Å². The number of carbonyl (C=O) groups is 1. The molecule has 3 N–H and O–H groups in total. The van der Waals surface area contributed by atoms with Crippen molar-refractivity contribution in [3.05, 3.63) is 30.5 Å². The number of aliphatic hydroxyl groups excluding tert-OH is 2. The van der Waals surface area contributed by atoms with Gasteiger partial charge in [-0.1, -0.05) is 55.4 Å². The fourth-order valence-electron chi connectivity index (χ4n) is 10.9. The lowest BCUT2D eigenvalue weighted by Crippen LogP contribution is -2.63. The molecule has 0 amide bonds. The zero-order valence-corrected chi connectivity index (χ0v) is 35.1. The average Bonchev–Trinajstić information content (AvgIpc) is 3.82.